The van der Waals surface area contributed by atoms with Crippen molar-refractivity contribution in [1.82, 2.24) is 0 Å². The molecule has 0 bridgehead atoms. The average molecular weight is 329 g/mol. The van der Waals surface area contributed by atoms with E-state index < -0.39 is 0 Å². The van der Waals surface area contributed by atoms with Gasteiger partial charge < -0.3 is 10.1 Å². The predicted molar refractivity (Wildman–Crippen MR) is 93.6 cm³/mol. The molecule has 5 heteroatoms. The molecule has 0 spiro atoms. The van der Waals surface area contributed by atoms with Crippen molar-refractivity contribution in [2.45, 2.75) is 12.7 Å². The lowest BCUT2D eigenvalue weighted by atomic mass is 10.2. The van der Waals surface area contributed by atoms with Crippen molar-refractivity contribution in [1.29, 1.82) is 0 Å². The van der Waals surface area contributed by atoms with Gasteiger partial charge in [0.2, 0.25) is 5.91 Å². The van der Waals surface area contributed by atoms with Crippen LogP contribution >= 0.6 is 11.8 Å². The summed E-state index contributed by atoms with van der Waals surface area (Å²) in [7, 11) is 0. The van der Waals surface area contributed by atoms with Gasteiger partial charge in [0.25, 0.3) is 0 Å². The van der Waals surface area contributed by atoms with E-state index in [1.54, 1.807) is 43.0 Å². The molecule has 0 heterocycles. The van der Waals surface area contributed by atoms with Crippen molar-refractivity contribution in [3.8, 4) is 0 Å². The largest absolute Gasteiger partial charge is 0.462 e. The van der Waals surface area contributed by atoms with Gasteiger partial charge in [0.05, 0.1) is 17.9 Å². The van der Waals surface area contributed by atoms with Crippen molar-refractivity contribution < 1.29 is 14.3 Å². The highest BCUT2D eigenvalue weighted by molar-refractivity contribution is 7.99. The molecule has 1 N–H and O–H groups in total. The van der Waals surface area contributed by atoms with Gasteiger partial charge >= 0.3 is 5.97 Å². The third-order valence-corrected chi connectivity index (χ3v) is 4.03. The van der Waals surface area contributed by atoms with Crippen molar-refractivity contribution in [2.24, 2.45) is 0 Å². The standard InChI is InChI=1S/C18H19NO3S/c1-2-22-18(21)15-8-10-16(11-9-15)19-17(20)13-23-12-14-6-4-3-5-7-14/h3-11H,2,12-13H2,1H3,(H,19,20). The number of esters is 1. The SMILES string of the molecule is CCOC(=O)c1ccc(NC(=O)CSCc2ccccc2)cc1. The van der Waals surface area contributed by atoms with Gasteiger partial charge in [0, 0.05) is 11.4 Å². The number of hydrogen-bond donors (Lipinski definition) is 1. The quantitative estimate of drug-likeness (QED) is 0.786. The summed E-state index contributed by atoms with van der Waals surface area (Å²) in [6, 6.07) is 16.7. The minimum atomic E-state index is -0.358. The molecule has 0 fully saturated rings. The lowest BCUT2D eigenvalue weighted by molar-refractivity contribution is -0.113. The van der Waals surface area contributed by atoms with E-state index in [2.05, 4.69) is 5.32 Å². The summed E-state index contributed by atoms with van der Waals surface area (Å²) in [5.41, 5.74) is 2.34. The van der Waals surface area contributed by atoms with Gasteiger partial charge in [-0.05, 0) is 36.8 Å². The van der Waals surface area contributed by atoms with Crippen LogP contribution in [-0.4, -0.2) is 24.2 Å². The van der Waals surface area contributed by atoms with Crippen molar-refractivity contribution in [2.75, 3.05) is 17.7 Å². The first-order valence-electron chi connectivity index (χ1n) is 7.37. The van der Waals surface area contributed by atoms with Crippen molar-refractivity contribution in [3.05, 3.63) is 65.7 Å². The molecule has 0 atom stereocenters. The molecule has 1 amide bonds. The fourth-order valence-electron chi connectivity index (χ4n) is 1.94. The van der Waals surface area contributed by atoms with Crippen LogP contribution in [0.3, 0.4) is 0 Å². The van der Waals surface area contributed by atoms with Crippen LogP contribution in [0.1, 0.15) is 22.8 Å². The van der Waals surface area contributed by atoms with Crippen LogP contribution in [0.25, 0.3) is 0 Å². The van der Waals surface area contributed by atoms with E-state index in [4.69, 9.17) is 4.74 Å². The van der Waals surface area contributed by atoms with E-state index in [0.717, 1.165) is 5.75 Å². The van der Waals surface area contributed by atoms with E-state index in [0.29, 0.717) is 23.6 Å². The number of amides is 1. The first-order chi connectivity index (χ1) is 11.2. The summed E-state index contributed by atoms with van der Waals surface area (Å²) in [5.74, 6) is 0.767. The average Bonchev–Trinajstić information content (AvgIpc) is 2.57. The highest BCUT2D eigenvalue weighted by Gasteiger charge is 2.07. The summed E-state index contributed by atoms with van der Waals surface area (Å²) in [6.07, 6.45) is 0. The molecule has 23 heavy (non-hydrogen) atoms. The third-order valence-electron chi connectivity index (χ3n) is 3.02. The molecule has 2 rings (SSSR count). The van der Waals surface area contributed by atoms with Crippen LogP contribution in [0.2, 0.25) is 0 Å². The van der Waals surface area contributed by atoms with Crippen LogP contribution in [0, 0.1) is 0 Å². The summed E-state index contributed by atoms with van der Waals surface area (Å²) < 4.78 is 4.91. The van der Waals surface area contributed by atoms with Crippen molar-refractivity contribution in [3.63, 3.8) is 0 Å². The molecule has 4 nitrogen and oxygen atoms in total. The lowest BCUT2D eigenvalue weighted by Crippen LogP contribution is -2.14. The number of thioether (sulfide) groups is 1. The molecule has 0 saturated carbocycles. The molecule has 0 saturated heterocycles. The third kappa shape index (κ3) is 5.79. The molecule has 2 aromatic carbocycles. The number of carbonyl (C=O) groups excluding carboxylic acids is 2. The Labute approximate surface area is 140 Å². The molecule has 0 unspecified atom stereocenters. The maximum Gasteiger partial charge on any atom is 0.338 e. The predicted octanol–water partition coefficient (Wildman–Crippen LogP) is 3.74. The monoisotopic (exact) mass is 329 g/mol. The fraction of sp³-hybridized carbons (Fsp3) is 0.222. The summed E-state index contributed by atoms with van der Waals surface area (Å²) in [4.78, 5) is 23.4. The van der Waals surface area contributed by atoms with E-state index in [9.17, 15) is 9.59 Å². The molecule has 0 aliphatic carbocycles. The van der Waals surface area contributed by atoms with Gasteiger partial charge in [-0.2, -0.15) is 0 Å². The highest BCUT2D eigenvalue weighted by atomic mass is 32.2. The number of rotatable bonds is 7. The number of nitrogens with one attached hydrogen (secondary N) is 1. The molecular formula is C18H19NO3S. The molecule has 120 valence electrons. The topological polar surface area (TPSA) is 55.4 Å². The number of hydrogen-bond acceptors (Lipinski definition) is 4. The van der Waals surface area contributed by atoms with Gasteiger partial charge in [-0.1, -0.05) is 30.3 Å². The molecule has 2 aromatic rings. The molecule has 0 aliphatic heterocycles. The Kier molecular flexibility index (Phi) is 6.69. The minimum Gasteiger partial charge on any atom is -0.462 e. The Hall–Kier alpha value is -2.27. The Morgan fingerprint density at radius 1 is 1.04 bits per heavy atom. The van der Waals surface area contributed by atoms with Gasteiger partial charge in [-0.15, -0.1) is 11.8 Å². The van der Waals surface area contributed by atoms with Gasteiger partial charge in [0.1, 0.15) is 0 Å². The highest BCUT2D eigenvalue weighted by Crippen LogP contribution is 2.14. The second kappa shape index (κ2) is 9.00. The van der Waals surface area contributed by atoms with Gasteiger partial charge in [0.15, 0.2) is 0 Å². The Balaban J connectivity index is 1.77. The summed E-state index contributed by atoms with van der Waals surface area (Å²) in [5, 5.41) is 2.81. The van der Waals surface area contributed by atoms with Gasteiger partial charge in [-0.25, -0.2) is 4.79 Å². The Morgan fingerprint density at radius 3 is 2.39 bits per heavy atom. The van der Waals surface area contributed by atoms with E-state index >= 15 is 0 Å². The normalized spacial score (nSPS) is 10.1. The smallest absolute Gasteiger partial charge is 0.338 e. The zero-order valence-electron chi connectivity index (χ0n) is 13.0. The number of benzene rings is 2. The van der Waals surface area contributed by atoms with Crippen LogP contribution in [0.4, 0.5) is 5.69 Å². The number of ether oxygens (including phenoxy) is 1. The second-order valence-electron chi connectivity index (χ2n) is 4.82. The molecule has 0 radical (unpaired) electrons. The number of anilines is 1. The minimum absolute atomic E-state index is 0.0604. The Bertz CT molecular complexity index is 641. The van der Waals surface area contributed by atoms with E-state index in [-0.39, 0.29) is 11.9 Å². The molecule has 0 aromatic heterocycles. The van der Waals surface area contributed by atoms with Crippen LogP contribution in [0.15, 0.2) is 54.6 Å². The van der Waals surface area contributed by atoms with E-state index in [1.807, 2.05) is 30.3 Å². The zero-order valence-corrected chi connectivity index (χ0v) is 13.8. The van der Waals surface area contributed by atoms with Crippen LogP contribution in [0.5, 0.6) is 0 Å². The van der Waals surface area contributed by atoms with Crippen LogP contribution < -0.4 is 5.32 Å². The van der Waals surface area contributed by atoms with Gasteiger partial charge in [-0.3, -0.25) is 4.79 Å². The maximum atomic E-state index is 11.9. The summed E-state index contributed by atoms with van der Waals surface area (Å²) >= 11 is 1.56. The maximum absolute atomic E-state index is 11.9. The van der Waals surface area contributed by atoms with E-state index in [1.165, 1.54) is 5.56 Å². The first kappa shape index (κ1) is 17.1. The molecular weight excluding hydrogens is 310 g/mol. The van der Waals surface area contributed by atoms with Crippen LogP contribution in [-0.2, 0) is 15.3 Å². The lowest BCUT2D eigenvalue weighted by Gasteiger charge is -2.06. The first-order valence-corrected chi connectivity index (χ1v) is 8.53. The summed E-state index contributed by atoms with van der Waals surface area (Å²) in [6.45, 7) is 2.11. The molecule has 0 aliphatic rings. The fourth-order valence-corrected chi connectivity index (χ4v) is 2.72. The Morgan fingerprint density at radius 2 is 1.74 bits per heavy atom. The number of carbonyl (C=O) groups is 2. The zero-order chi connectivity index (χ0) is 16.5. The second-order valence-corrected chi connectivity index (χ2v) is 5.81. The van der Waals surface area contributed by atoms with Crippen molar-refractivity contribution >= 4 is 29.3 Å².